The van der Waals surface area contributed by atoms with Crippen LogP contribution in [0.3, 0.4) is 0 Å². The predicted molar refractivity (Wildman–Crippen MR) is 136 cm³/mol. The van der Waals surface area contributed by atoms with Crippen LogP contribution < -0.4 is 0 Å². The lowest BCUT2D eigenvalue weighted by Gasteiger charge is -2.47. The van der Waals surface area contributed by atoms with Gasteiger partial charge < -0.3 is 18.9 Å². The number of methoxy groups -OCH3 is 1. The van der Waals surface area contributed by atoms with Gasteiger partial charge in [0.1, 0.15) is 31.5 Å². The van der Waals surface area contributed by atoms with Crippen LogP contribution in [0.1, 0.15) is 11.9 Å². The van der Waals surface area contributed by atoms with Gasteiger partial charge in [0, 0.05) is 12.7 Å². The minimum absolute atomic E-state index is 0.137. The number of fused-ring (bicyclic) bond motifs is 1. The van der Waals surface area contributed by atoms with E-state index >= 15 is 0 Å². The number of hydrogen-bond donors (Lipinski definition) is 0. The second-order valence-electron chi connectivity index (χ2n) is 7.65. The maximum absolute atomic E-state index is 12.7. The molecule has 12 nitrogen and oxygen atoms in total. The number of hydrogen-bond acceptors (Lipinski definition) is 12. The molecule has 0 bridgehead atoms. The van der Waals surface area contributed by atoms with Crippen LogP contribution in [0.4, 0.5) is 0 Å². The van der Waals surface area contributed by atoms with E-state index in [-0.39, 0.29) is 6.61 Å². The molecule has 2 aliphatic heterocycles. The first-order chi connectivity index (χ1) is 17.5. The van der Waals surface area contributed by atoms with Gasteiger partial charge in [0.2, 0.25) is 7.59 Å². The standard InChI is InChI=1S/C18H20Cl6O12S2/c1-29-16-14(36-38(27,28)32-9-18(22,23)24)13(35-37(25,26)31-8-17(19,20)21)12-11(33-16)7-30-15(34-12)10-5-3-2-4-6-10/h2-6,11-16H,7-9H2,1H3/t11-,12-,13+,14-,15?,16+/m1/s1. The summed E-state index contributed by atoms with van der Waals surface area (Å²) in [5.74, 6) is 0. The van der Waals surface area contributed by atoms with E-state index in [1.54, 1.807) is 30.3 Å². The number of rotatable bonds is 10. The monoisotopic (exact) mass is 702 g/mol. The molecule has 218 valence electrons. The van der Waals surface area contributed by atoms with Gasteiger partial charge in [-0.3, -0.25) is 0 Å². The molecular weight excluding hydrogens is 685 g/mol. The number of benzene rings is 1. The molecule has 1 aromatic rings. The fourth-order valence-electron chi connectivity index (χ4n) is 3.33. The molecular formula is C18H20Cl6O12S2. The van der Waals surface area contributed by atoms with Gasteiger partial charge >= 0.3 is 20.8 Å². The first-order valence-corrected chi connectivity index (χ1v) is 15.2. The van der Waals surface area contributed by atoms with E-state index in [9.17, 15) is 16.8 Å². The highest BCUT2D eigenvalue weighted by Gasteiger charge is 2.55. The molecule has 6 atom stereocenters. The molecule has 0 saturated carbocycles. The molecule has 1 aromatic carbocycles. The van der Waals surface area contributed by atoms with Gasteiger partial charge in [-0.2, -0.15) is 16.8 Å². The van der Waals surface area contributed by atoms with Crippen molar-refractivity contribution in [3.05, 3.63) is 35.9 Å². The Bertz CT molecular complexity index is 1130. The van der Waals surface area contributed by atoms with Gasteiger partial charge in [-0.15, -0.1) is 0 Å². The second-order valence-corrected chi connectivity index (χ2v) is 15.2. The SMILES string of the molecule is CO[C@H]1O[C@@H]2COC(c3ccccc3)O[C@H]2[C@H](OS(=O)(=O)OCC(Cl)(Cl)Cl)[C@H]1OS(=O)(=O)OCC(Cl)(Cl)Cl. The van der Waals surface area contributed by atoms with Crippen molar-refractivity contribution in [2.45, 2.75) is 44.6 Å². The lowest BCUT2D eigenvalue weighted by molar-refractivity contribution is -0.352. The van der Waals surface area contributed by atoms with Gasteiger partial charge in [0.15, 0.2) is 18.7 Å². The van der Waals surface area contributed by atoms with E-state index < -0.39 is 78.6 Å². The molecule has 3 rings (SSSR count). The van der Waals surface area contributed by atoms with E-state index in [0.717, 1.165) is 7.11 Å². The summed E-state index contributed by atoms with van der Waals surface area (Å²) >= 11 is 33.3. The molecule has 38 heavy (non-hydrogen) atoms. The number of ether oxygens (including phenoxy) is 4. The van der Waals surface area contributed by atoms with Crippen molar-refractivity contribution in [1.29, 1.82) is 0 Å². The highest BCUT2D eigenvalue weighted by Crippen LogP contribution is 2.38. The van der Waals surface area contributed by atoms with Gasteiger partial charge in [0.05, 0.1) is 6.61 Å². The molecule has 0 radical (unpaired) electrons. The summed E-state index contributed by atoms with van der Waals surface area (Å²) in [6, 6.07) is 8.57. The smallest absolute Gasteiger partial charge is 0.353 e. The summed E-state index contributed by atoms with van der Waals surface area (Å²) < 4.78 is 88.1. The summed E-state index contributed by atoms with van der Waals surface area (Å²) in [4.78, 5) is 0. The van der Waals surface area contributed by atoms with Crippen LogP contribution >= 0.6 is 69.6 Å². The summed E-state index contributed by atoms with van der Waals surface area (Å²) in [5, 5.41) is 0. The van der Waals surface area contributed by atoms with Crippen molar-refractivity contribution in [3.8, 4) is 0 Å². The van der Waals surface area contributed by atoms with Crippen molar-refractivity contribution < 1.29 is 52.5 Å². The Hall–Kier alpha value is 0.540. The molecule has 2 aliphatic rings. The third-order valence-corrected chi connectivity index (χ3v) is 7.16. The van der Waals surface area contributed by atoms with Crippen LogP contribution in [0, 0.1) is 0 Å². The van der Waals surface area contributed by atoms with Crippen molar-refractivity contribution >= 4 is 90.4 Å². The normalized spacial score (nSPS) is 29.1. The van der Waals surface area contributed by atoms with Gasteiger partial charge in [-0.05, 0) is 0 Å². The molecule has 2 heterocycles. The van der Waals surface area contributed by atoms with Crippen LogP contribution in [0.15, 0.2) is 30.3 Å². The highest BCUT2D eigenvalue weighted by molar-refractivity contribution is 7.82. The zero-order valence-corrected chi connectivity index (χ0v) is 25.1. The Morgan fingerprint density at radius 2 is 1.37 bits per heavy atom. The van der Waals surface area contributed by atoms with Crippen LogP contribution in [-0.2, 0) is 56.5 Å². The van der Waals surface area contributed by atoms with Crippen LogP contribution in [0.5, 0.6) is 0 Å². The van der Waals surface area contributed by atoms with Crippen LogP contribution in [0.25, 0.3) is 0 Å². The Kier molecular flexibility index (Phi) is 11.5. The summed E-state index contributed by atoms with van der Waals surface area (Å²) in [5.41, 5.74) is 0.560. The lowest BCUT2D eigenvalue weighted by atomic mass is 9.98. The van der Waals surface area contributed by atoms with Crippen molar-refractivity contribution in [2.24, 2.45) is 0 Å². The largest absolute Gasteiger partial charge is 0.400 e. The average Bonchev–Trinajstić information content (AvgIpc) is 2.82. The summed E-state index contributed by atoms with van der Waals surface area (Å²) in [6.45, 7) is -2.01. The van der Waals surface area contributed by atoms with E-state index in [0.29, 0.717) is 5.56 Å². The summed E-state index contributed by atoms with van der Waals surface area (Å²) in [7, 11) is -8.79. The molecule has 0 N–H and O–H groups in total. The molecule has 0 aliphatic carbocycles. The van der Waals surface area contributed by atoms with E-state index in [1.807, 2.05) is 0 Å². The Morgan fingerprint density at radius 1 is 0.842 bits per heavy atom. The Balaban J connectivity index is 1.93. The van der Waals surface area contributed by atoms with Gasteiger partial charge in [0.25, 0.3) is 0 Å². The number of halogens is 6. The van der Waals surface area contributed by atoms with Gasteiger partial charge in [-0.1, -0.05) is 99.9 Å². The predicted octanol–water partition coefficient (Wildman–Crippen LogP) is 3.51. The fraction of sp³-hybridized carbons (Fsp3) is 0.667. The van der Waals surface area contributed by atoms with E-state index in [4.69, 9.17) is 96.9 Å². The zero-order valence-electron chi connectivity index (χ0n) is 19.0. The Morgan fingerprint density at radius 3 is 1.87 bits per heavy atom. The molecule has 0 spiro atoms. The second kappa shape index (κ2) is 13.2. The molecule has 2 saturated heterocycles. The van der Waals surface area contributed by atoms with E-state index in [2.05, 4.69) is 8.37 Å². The first kappa shape index (κ1) is 33.0. The first-order valence-electron chi connectivity index (χ1n) is 10.3. The van der Waals surface area contributed by atoms with Crippen molar-refractivity contribution in [2.75, 3.05) is 26.9 Å². The maximum Gasteiger partial charge on any atom is 0.400 e. The fourth-order valence-corrected chi connectivity index (χ4v) is 5.77. The Labute approximate surface area is 249 Å². The third-order valence-electron chi connectivity index (χ3n) is 4.78. The molecule has 1 unspecified atom stereocenters. The van der Waals surface area contributed by atoms with Crippen molar-refractivity contribution in [1.82, 2.24) is 0 Å². The molecule has 0 amide bonds. The average molecular weight is 705 g/mol. The quantitative estimate of drug-likeness (QED) is 0.329. The summed E-state index contributed by atoms with van der Waals surface area (Å²) in [6.07, 6.45) is -8.55. The lowest BCUT2D eigenvalue weighted by Crippen LogP contribution is -2.64. The van der Waals surface area contributed by atoms with Crippen LogP contribution in [0.2, 0.25) is 0 Å². The minimum atomic E-state index is -4.97. The van der Waals surface area contributed by atoms with Crippen molar-refractivity contribution in [3.63, 3.8) is 0 Å². The third kappa shape index (κ3) is 10.1. The van der Waals surface area contributed by atoms with Crippen LogP contribution in [-0.4, -0.2) is 82.1 Å². The molecule has 20 heteroatoms. The van der Waals surface area contributed by atoms with E-state index in [1.165, 1.54) is 0 Å². The number of alkyl halides is 6. The maximum atomic E-state index is 12.7. The molecule has 2 fully saturated rings. The highest BCUT2D eigenvalue weighted by atomic mass is 35.6. The minimum Gasteiger partial charge on any atom is -0.353 e. The van der Waals surface area contributed by atoms with Gasteiger partial charge in [-0.25, -0.2) is 16.7 Å². The topological polar surface area (TPSA) is 142 Å². The zero-order chi connectivity index (χ0) is 28.4. The molecule has 0 aromatic heterocycles.